The Hall–Kier alpha value is -1.91. The number of ether oxygens (including phenoxy) is 2. The van der Waals surface area contributed by atoms with Gasteiger partial charge in [-0.15, -0.1) is 0 Å². The Morgan fingerprint density at radius 3 is 2.33 bits per heavy atom. The maximum absolute atomic E-state index is 13.1. The molecule has 0 unspecified atom stereocenters. The van der Waals surface area contributed by atoms with Crippen molar-refractivity contribution in [3.8, 4) is 11.5 Å². The number of hydrogen-bond donors (Lipinski definition) is 1. The Balaban J connectivity index is 1.53. The maximum Gasteiger partial charge on any atom is 0.293 e. The van der Waals surface area contributed by atoms with Crippen molar-refractivity contribution in [3.05, 3.63) is 22.2 Å². The van der Waals surface area contributed by atoms with Gasteiger partial charge in [-0.05, 0) is 38.1 Å². The van der Waals surface area contributed by atoms with Crippen molar-refractivity contribution < 1.29 is 22.8 Å². The van der Waals surface area contributed by atoms with E-state index >= 15 is 0 Å². The molecule has 0 bridgehead atoms. The van der Waals surface area contributed by atoms with Crippen LogP contribution in [0.1, 0.15) is 25.7 Å². The number of sulfonamides is 1. The number of nitrogens with one attached hydrogen (secondary N) is 1. The largest absolute Gasteiger partial charge is 0.486 e. The third-order valence-corrected chi connectivity index (χ3v) is 7.21. The smallest absolute Gasteiger partial charge is 0.293 e. The molecule has 1 aliphatic carbocycles. The fourth-order valence-electron chi connectivity index (χ4n) is 3.50. The number of fused-ring (bicyclic) bond motifs is 1. The SMILES string of the molecule is O=[N+]([O-])c1cc2c(cc1S(=O)(=O)N1CCC(NCC3CC3)CC1)OCCO2. The first-order valence-corrected chi connectivity index (χ1v) is 10.7. The van der Waals surface area contributed by atoms with E-state index in [0.717, 1.165) is 18.5 Å². The molecule has 0 amide bonds. The van der Waals surface area contributed by atoms with Crippen LogP contribution in [-0.4, -0.2) is 56.5 Å². The van der Waals surface area contributed by atoms with Crippen LogP contribution in [0.2, 0.25) is 0 Å². The summed E-state index contributed by atoms with van der Waals surface area (Å²) in [4.78, 5) is 10.4. The van der Waals surface area contributed by atoms with Crippen molar-refractivity contribution in [3.63, 3.8) is 0 Å². The monoisotopic (exact) mass is 397 g/mol. The van der Waals surface area contributed by atoms with Crippen LogP contribution in [0.3, 0.4) is 0 Å². The lowest BCUT2D eigenvalue weighted by Crippen LogP contribution is -2.45. The quantitative estimate of drug-likeness (QED) is 0.572. The summed E-state index contributed by atoms with van der Waals surface area (Å²) in [6.07, 6.45) is 3.94. The molecule has 1 aromatic carbocycles. The van der Waals surface area contributed by atoms with Crippen LogP contribution < -0.4 is 14.8 Å². The minimum Gasteiger partial charge on any atom is -0.486 e. The Bertz CT molecular complexity index is 831. The normalized spacial score (nSPS) is 21.2. The topological polar surface area (TPSA) is 111 Å². The van der Waals surface area contributed by atoms with Gasteiger partial charge in [0.2, 0.25) is 10.0 Å². The zero-order valence-corrected chi connectivity index (χ0v) is 15.7. The molecule has 3 aliphatic rings. The molecule has 1 aromatic rings. The van der Waals surface area contributed by atoms with E-state index in [4.69, 9.17) is 9.47 Å². The predicted molar refractivity (Wildman–Crippen MR) is 96.6 cm³/mol. The Morgan fingerprint density at radius 1 is 1.11 bits per heavy atom. The number of nitrogens with zero attached hydrogens (tertiary/aromatic N) is 2. The summed E-state index contributed by atoms with van der Waals surface area (Å²) >= 11 is 0. The molecule has 2 fully saturated rings. The number of rotatable bonds is 6. The van der Waals surface area contributed by atoms with E-state index in [9.17, 15) is 18.5 Å². The Labute approximate surface area is 157 Å². The molecule has 0 aromatic heterocycles. The first-order chi connectivity index (χ1) is 12.9. The predicted octanol–water partition coefficient (Wildman–Crippen LogP) is 1.52. The molecule has 1 N–H and O–H groups in total. The molecule has 2 heterocycles. The molecular formula is C17H23N3O6S. The number of benzene rings is 1. The lowest BCUT2D eigenvalue weighted by atomic mass is 10.1. The fraction of sp³-hybridized carbons (Fsp3) is 0.647. The summed E-state index contributed by atoms with van der Waals surface area (Å²) in [6.45, 7) is 2.23. The molecular weight excluding hydrogens is 374 g/mol. The molecule has 27 heavy (non-hydrogen) atoms. The van der Waals surface area contributed by atoms with Crippen LogP contribution in [0.25, 0.3) is 0 Å². The minimum atomic E-state index is -3.99. The van der Waals surface area contributed by atoms with Gasteiger partial charge in [-0.25, -0.2) is 8.42 Å². The van der Waals surface area contributed by atoms with Crippen LogP contribution in [-0.2, 0) is 10.0 Å². The summed E-state index contributed by atoms with van der Waals surface area (Å²) in [7, 11) is -3.99. The van der Waals surface area contributed by atoms with Crippen LogP contribution in [0, 0.1) is 16.0 Å². The molecule has 0 radical (unpaired) electrons. The van der Waals surface area contributed by atoms with Crippen LogP contribution in [0.15, 0.2) is 17.0 Å². The van der Waals surface area contributed by atoms with Gasteiger partial charge in [0.1, 0.15) is 13.2 Å². The Morgan fingerprint density at radius 2 is 1.74 bits per heavy atom. The van der Waals surface area contributed by atoms with Crippen LogP contribution in [0.5, 0.6) is 11.5 Å². The molecule has 1 saturated heterocycles. The highest BCUT2D eigenvalue weighted by Gasteiger charge is 2.36. The van der Waals surface area contributed by atoms with Gasteiger partial charge < -0.3 is 14.8 Å². The van der Waals surface area contributed by atoms with E-state index in [-0.39, 0.29) is 29.6 Å². The average molecular weight is 397 g/mol. The van der Waals surface area contributed by atoms with Gasteiger partial charge in [0.15, 0.2) is 16.4 Å². The Kier molecular flexibility index (Phi) is 4.95. The van der Waals surface area contributed by atoms with Gasteiger partial charge in [-0.2, -0.15) is 4.31 Å². The summed E-state index contributed by atoms with van der Waals surface area (Å²) in [6, 6.07) is 2.66. The van der Waals surface area contributed by atoms with Crippen molar-refractivity contribution in [1.29, 1.82) is 0 Å². The van der Waals surface area contributed by atoms with Crippen molar-refractivity contribution in [2.24, 2.45) is 5.92 Å². The number of piperidine rings is 1. The van der Waals surface area contributed by atoms with Gasteiger partial charge in [-0.1, -0.05) is 0 Å². The zero-order chi connectivity index (χ0) is 19.0. The zero-order valence-electron chi connectivity index (χ0n) is 14.9. The molecule has 9 nitrogen and oxygen atoms in total. The maximum atomic E-state index is 13.1. The van der Waals surface area contributed by atoms with Crippen molar-refractivity contribution in [1.82, 2.24) is 9.62 Å². The van der Waals surface area contributed by atoms with Crippen LogP contribution >= 0.6 is 0 Å². The van der Waals surface area contributed by atoms with Gasteiger partial charge in [-0.3, -0.25) is 10.1 Å². The van der Waals surface area contributed by atoms with Crippen molar-refractivity contribution >= 4 is 15.7 Å². The van der Waals surface area contributed by atoms with E-state index in [1.54, 1.807) is 0 Å². The molecule has 1 saturated carbocycles. The molecule has 4 rings (SSSR count). The third-order valence-electron chi connectivity index (χ3n) is 5.28. The van der Waals surface area contributed by atoms with Crippen molar-refractivity contribution in [2.45, 2.75) is 36.6 Å². The van der Waals surface area contributed by atoms with Gasteiger partial charge in [0.05, 0.1) is 11.0 Å². The van der Waals surface area contributed by atoms with E-state index in [1.165, 1.54) is 23.2 Å². The van der Waals surface area contributed by atoms with E-state index in [1.807, 2.05) is 0 Å². The minimum absolute atomic E-state index is 0.204. The van der Waals surface area contributed by atoms with Crippen LogP contribution in [0.4, 0.5) is 5.69 Å². The van der Waals surface area contributed by atoms with Gasteiger partial charge in [0, 0.05) is 25.2 Å². The summed E-state index contributed by atoms with van der Waals surface area (Å²) in [5, 5.41) is 15.0. The number of hydrogen-bond acceptors (Lipinski definition) is 7. The van der Waals surface area contributed by atoms with E-state index in [0.29, 0.717) is 32.0 Å². The highest BCUT2D eigenvalue weighted by atomic mass is 32.2. The average Bonchev–Trinajstić information content (AvgIpc) is 3.50. The molecule has 10 heteroatoms. The molecule has 148 valence electrons. The van der Waals surface area contributed by atoms with Gasteiger partial charge >= 0.3 is 0 Å². The first kappa shape index (κ1) is 18.5. The van der Waals surface area contributed by atoms with Crippen molar-refractivity contribution in [2.75, 3.05) is 32.8 Å². The van der Waals surface area contributed by atoms with E-state index in [2.05, 4.69) is 5.32 Å². The summed E-state index contributed by atoms with van der Waals surface area (Å²) in [5.74, 6) is 1.20. The number of nitro groups is 1. The fourth-order valence-corrected chi connectivity index (χ4v) is 5.13. The van der Waals surface area contributed by atoms with E-state index < -0.39 is 20.6 Å². The number of nitro benzene ring substituents is 1. The summed E-state index contributed by atoms with van der Waals surface area (Å²) in [5.41, 5.74) is -0.478. The summed E-state index contributed by atoms with van der Waals surface area (Å²) < 4.78 is 38.3. The molecule has 0 spiro atoms. The lowest BCUT2D eigenvalue weighted by Gasteiger charge is -2.32. The second kappa shape index (κ2) is 7.25. The highest BCUT2D eigenvalue weighted by molar-refractivity contribution is 7.89. The second-order valence-electron chi connectivity index (χ2n) is 7.25. The third kappa shape index (κ3) is 3.87. The highest BCUT2D eigenvalue weighted by Crippen LogP contribution is 2.40. The standard InChI is InChI=1S/C17H23N3O6S/c21-20(22)14-9-15-16(26-8-7-25-15)10-17(14)27(23,24)19-5-3-13(4-6-19)18-11-12-1-2-12/h9-10,12-13,18H,1-8,11H2. The lowest BCUT2D eigenvalue weighted by molar-refractivity contribution is -0.388. The second-order valence-corrected chi connectivity index (χ2v) is 9.16. The molecule has 0 atom stereocenters. The van der Waals surface area contributed by atoms with Gasteiger partial charge in [0.25, 0.3) is 5.69 Å². The molecule has 2 aliphatic heterocycles. The first-order valence-electron chi connectivity index (χ1n) is 9.27.